The first-order valence-electron chi connectivity index (χ1n) is 4.14. The van der Waals surface area contributed by atoms with Gasteiger partial charge in [0.1, 0.15) is 6.54 Å². The maximum absolute atomic E-state index is 11.3. The van der Waals surface area contributed by atoms with Gasteiger partial charge in [0, 0.05) is 5.69 Å². The Balaban J connectivity index is 2.34. The lowest BCUT2D eigenvalue weighted by molar-refractivity contribution is -0.117. The molecule has 1 aliphatic heterocycles. The molecule has 4 nitrogen and oxygen atoms in total. The molecule has 0 saturated carbocycles. The van der Waals surface area contributed by atoms with Crippen LogP contribution in [0.25, 0.3) is 0 Å². The molecule has 1 fully saturated rings. The molecule has 0 unspecified atom stereocenters. The van der Waals surface area contributed by atoms with Gasteiger partial charge in [-0.15, -0.1) is 0 Å². The van der Waals surface area contributed by atoms with Crippen molar-refractivity contribution in [2.45, 2.75) is 0 Å². The van der Waals surface area contributed by atoms with E-state index in [0.29, 0.717) is 15.7 Å². The second-order valence-electron chi connectivity index (χ2n) is 3.04. The Labute approximate surface area is 95.8 Å². The lowest BCUT2D eigenvalue weighted by Gasteiger charge is -2.13. The molecule has 1 aromatic carbocycles. The van der Waals surface area contributed by atoms with E-state index in [1.54, 1.807) is 18.2 Å². The quantitative estimate of drug-likeness (QED) is 0.769. The number of halogens is 2. The van der Waals surface area contributed by atoms with E-state index < -0.39 is 6.03 Å². The molecule has 0 radical (unpaired) electrons. The van der Waals surface area contributed by atoms with Crippen LogP contribution in [0.2, 0.25) is 10.0 Å². The van der Waals surface area contributed by atoms with Crippen LogP contribution in [0.5, 0.6) is 0 Å². The Morgan fingerprint density at radius 2 is 1.93 bits per heavy atom. The molecule has 1 saturated heterocycles. The molecule has 15 heavy (non-hydrogen) atoms. The van der Waals surface area contributed by atoms with Gasteiger partial charge in [-0.2, -0.15) is 0 Å². The zero-order valence-electron chi connectivity index (χ0n) is 7.46. The van der Waals surface area contributed by atoms with E-state index in [1.165, 1.54) is 4.90 Å². The van der Waals surface area contributed by atoms with E-state index in [2.05, 4.69) is 5.32 Å². The maximum Gasteiger partial charge on any atom is 0.329 e. The van der Waals surface area contributed by atoms with Crippen molar-refractivity contribution in [3.05, 3.63) is 28.2 Å². The molecular weight excluding hydrogens is 239 g/mol. The molecule has 6 heteroatoms. The van der Waals surface area contributed by atoms with Crippen molar-refractivity contribution < 1.29 is 9.59 Å². The molecule has 1 N–H and O–H groups in total. The third-order valence-corrected chi connectivity index (χ3v) is 2.75. The lowest BCUT2D eigenvalue weighted by Crippen LogP contribution is -2.27. The Bertz CT molecular complexity index is 448. The SMILES string of the molecule is O=C1CN(c2ccc(Cl)c(Cl)c2)C(=O)N1. The third-order valence-electron chi connectivity index (χ3n) is 2.01. The average molecular weight is 245 g/mol. The smallest absolute Gasteiger partial charge is 0.285 e. The van der Waals surface area contributed by atoms with Crippen LogP contribution in [0.1, 0.15) is 0 Å². The van der Waals surface area contributed by atoms with E-state index >= 15 is 0 Å². The number of carbonyl (C=O) groups is 2. The Kier molecular flexibility index (Phi) is 2.54. The molecule has 0 aromatic heterocycles. The fraction of sp³-hybridized carbons (Fsp3) is 0.111. The largest absolute Gasteiger partial charge is 0.329 e. The van der Waals surface area contributed by atoms with Crippen LogP contribution in [-0.2, 0) is 4.79 Å². The molecule has 1 aromatic rings. The summed E-state index contributed by atoms with van der Waals surface area (Å²) in [4.78, 5) is 23.6. The predicted molar refractivity (Wildman–Crippen MR) is 57.3 cm³/mol. The van der Waals surface area contributed by atoms with Crippen molar-refractivity contribution >= 4 is 40.8 Å². The van der Waals surface area contributed by atoms with E-state index in [4.69, 9.17) is 23.2 Å². The number of imide groups is 1. The number of nitrogens with zero attached hydrogens (tertiary/aromatic N) is 1. The summed E-state index contributed by atoms with van der Waals surface area (Å²) in [5, 5.41) is 2.93. The Hall–Kier alpha value is -1.26. The van der Waals surface area contributed by atoms with E-state index in [1.807, 2.05) is 0 Å². The highest BCUT2D eigenvalue weighted by Gasteiger charge is 2.28. The minimum absolute atomic E-state index is 0.0107. The van der Waals surface area contributed by atoms with Crippen molar-refractivity contribution in [2.24, 2.45) is 0 Å². The van der Waals surface area contributed by atoms with Crippen molar-refractivity contribution in [1.29, 1.82) is 0 Å². The van der Waals surface area contributed by atoms with Gasteiger partial charge in [-0.05, 0) is 18.2 Å². The summed E-state index contributed by atoms with van der Waals surface area (Å²) >= 11 is 11.5. The van der Waals surface area contributed by atoms with Gasteiger partial charge in [-0.1, -0.05) is 23.2 Å². The monoisotopic (exact) mass is 244 g/mol. The molecule has 0 atom stereocenters. The number of rotatable bonds is 1. The van der Waals surface area contributed by atoms with Crippen LogP contribution >= 0.6 is 23.2 Å². The molecule has 2 rings (SSSR count). The second kappa shape index (κ2) is 3.72. The fourth-order valence-electron chi connectivity index (χ4n) is 1.30. The van der Waals surface area contributed by atoms with Gasteiger partial charge in [0.25, 0.3) is 0 Å². The first-order chi connectivity index (χ1) is 7.08. The molecule has 0 aliphatic carbocycles. The molecular formula is C9H6Cl2N2O2. The van der Waals surface area contributed by atoms with Crippen molar-refractivity contribution in [2.75, 3.05) is 11.4 Å². The fourth-order valence-corrected chi connectivity index (χ4v) is 1.60. The lowest BCUT2D eigenvalue weighted by atomic mass is 10.3. The number of benzene rings is 1. The van der Waals surface area contributed by atoms with Crippen LogP contribution in [0.3, 0.4) is 0 Å². The first-order valence-corrected chi connectivity index (χ1v) is 4.90. The number of nitrogens with one attached hydrogen (secondary N) is 1. The highest BCUT2D eigenvalue weighted by Crippen LogP contribution is 2.27. The van der Waals surface area contributed by atoms with E-state index in [0.717, 1.165) is 0 Å². The normalized spacial score (nSPS) is 15.7. The summed E-state index contributed by atoms with van der Waals surface area (Å²) in [6.07, 6.45) is 0. The standard InChI is InChI=1S/C9H6Cl2N2O2/c10-6-2-1-5(3-7(6)11)13-4-8(14)12-9(13)15/h1-3H,4H2,(H,12,14,15). The van der Waals surface area contributed by atoms with Crippen LogP contribution in [0, 0.1) is 0 Å². The van der Waals surface area contributed by atoms with Gasteiger partial charge in [0.05, 0.1) is 10.0 Å². The minimum atomic E-state index is -0.446. The number of anilines is 1. The predicted octanol–water partition coefficient (Wildman–Crippen LogP) is 2.05. The van der Waals surface area contributed by atoms with Gasteiger partial charge in [0.15, 0.2) is 0 Å². The third kappa shape index (κ3) is 1.91. The number of hydrogen-bond donors (Lipinski definition) is 1. The summed E-state index contributed by atoms with van der Waals surface area (Å²) in [5.74, 6) is -0.328. The summed E-state index contributed by atoms with van der Waals surface area (Å²) < 4.78 is 0. The summed E-state index contributed by atoms with van der Waals surface area (Å²) in [7, 11) is 0. The number of hydrogen-bond acceptors (Lipinski definition) is 2. The van der Waals surface area contributed by atoms with Gasteiger partial charge in [0.2, 0.25) is 5.91 Å². The van der Waals surface area contributed by atoms with Gasteiger partial charge in [-0.25, -0.2) is 4.79 Å². The number of urea groups is 1. The molecule has 0 bridgehead atoms. The molecule has 1 heterocycles. The summed E-state index contributed by atoms with van der Waals surface area (Å²) in [5.41, 5.74) is 0.549. The Morgan fingerprint density at radius 1 is 1.20 bits per heavy atom. The molecule has 3 amide bonds. The van der Waals surface area contributed by atoms with Crippen LogP contribution in [-0.4, -0.2) is 18.5 Å². The molecule has 0 spiro atoms. The minimum Gasteiger partial charge on any atom is -0.285 e. The highest BCUT2D eigenvalue weighted by molar-refractivity contribution is 6.42. The Morgan fingerprint density at radius 3 is 2.47 bits per heavy atom. The van der Waals surface area contributed by atoms with Gasteiger partial charge < -0.3 is 0 Å². The second-order valence-corrected chi connectivity index (χ2v) is 3.85. The van der Waals surface area contributed by atoms with Gasteiger partial charge >= 0.3 is 6.03 Å². The number of amides is 3. The topological polar surface area (TPSA) is 49.4 Å². The number of carbonyl (C=O) groups excluding carboxylic acids is 2. The van der Waals surface area contributed by atoms with E-state index in [9.17, 15) is 9.59 Å². The summed E-state index contributed by atoms with van der Waals surface area (Å²) in [6.45, 7) is 0.0107. The van der Waals surface area contributed by atoms with Crippen molar-refractivity contribution in [1.82, 2.24) is 5.32 Å². The van der Waals surface area contributed by atoms with Gasteiger partial charge in [-0.3, -0.25) is 15.0 Å². The molecule has 1 aliphatic rings. The van der Waals surface area contributed by atoms with Crippen molar-refractivity contribution in [3.63, 3.8) is 0 Å². The molecule has 78 valence electrons. The van der Waals surface area contributed by atoms with Crippen molar-refractivity contribution in [3.8, 4) is 0 Å². The van der Waals surface area contributed by atoms with E-state index in [-0.39, 0.29) is 12.5 Å². The average Bonchev–Trinajstić information content (AvgIpc) is 2.50. The zero-order valence-corrected chi connectivity index (χ0v) is 8.97. The highest BCUT2D eigenvalue weighted by atomic mass is 35.5. The van der Waals surface area contributed by atoms with Crippen LogP contribution < -0.4 is 10.2 Å². The van der Waals surface area contributed by atoms with Crippen LogP contribution in [0.15, 0.2) is 18.2 Å². The van der Waals surface area contributed by atoms with Crippen LogP contribution in [0.4, 0.5) is 10.5 Å². The zero-order chi connectivity index (χ0) is 11.0. The first kappa shape index (κ1) is 10.3. The summed E-state index contributed by atoms with van der Waals surface area (Å²) in [6, 6.07) is 4.31. The maximum atomic E-state index is 11.3.